The van der Waals surface area contributed by atoms with Gasteiger partial charge in [-0.25, -0.2) is 9.59 Å². The van der Waals surface area contributed by atoms with Crippen LogP contribution in [0, 0.1) is 0 Å². The molecule has 1 aliphatic rings. The summed E-state index contributed by atoms with van der Waals surface area (Å²) >= 11 is 0. The number of H-pyrrole nitrogens is 1. The van der Waals surface area contributed by atoms with Gasteiger partial charge in [0.2, 0.25) is 5.91 Å². The Balaban J connectivity index is 2.16. The summed E-state index contributed by atoms with van der Waals surface area (Å²) in [5, 5.41) is 3.54. The van der Waals surface area contributed by atoms with Gasteiger partial charge < -0.3 is 19.8 Å². The zero-order chi connectivity index (χ0) is 20.5. The largest absolute Gasteiger partial charge is 0.464 e. The van der Waals surface area contributed by atoms with E-state index in [0.717, 1.165) is 22.2 Å². The van der Waals surface area contributed by atoms with E-state index in [1.54, 1.807) is 26.8 Å². The molecule has 0 saturated heterocycles. The monoisotopic (exact) mass is 385 g/mol. The fourth-order valence-electron chi connectivity index (χ4n) is 3.48. The Morgan fingerprint density at radius 3 is 2.39 bits per heavy atom. The molecule has 1 amide bonds. The summed E-state index contributed by atoms with van der Waals surface area (Å²) in [6, 6.07) is 5.43. The lowest BCUT2D eigenvalue weighted by Crippen LogP contribution is -2.51. The van der Waals surface area contributed by atoms with E-state index < -0.39 is 17.5 Å². The van der Waals surface area contributed by atoms with E-state index in [-0.39, 0.29) is 25.5 Å². The lowest BCUT2D eigenvalue weighted by Gasteiger charge is -2.29. The minimum atomic E-state index is -1.78. The first kappa shape index (κ1) is 19.6. The number of aliphatic imine (C=N–C) groups is 1. The Morgan fingerprint density at radius 1 is 1.18 bits per heavy atom. The van der Waals surface area contributed by atoms with Crippen LogP contribution in [0.2, 0.25) is 0 Å². The molecule has 0 bridgehead atoms. The normalized spacial score (nSPS) is 14.8. The van der Waals surface area contributed by atoms with Gasteiger partial charge in [-0.1, -0.05) is 0 Å². The molecular formula is C20H23N3O5. The highest BCUT2D eigenvalue weighted by atomic mass is 16.6. The topological polar surface area (TPSA) is 110 Å². The Morgan fingerprint density at radius 2 is 1.82 bits per heavy atom. The minimum Gasteiger partial charge on any atom is -0.464 e. The molecule has 0 atom stereocenters. The first-order valence-corrected chi connectivity index (χ1v) is 9.15. The third-order valence-electron chi connectivity index (χ3n) is 4.61. The van der Waals surface area contributed by atoms with Crippen LogP contribution in [0.5, 0.6) is 0 Å². The molecule has 3 rings (SSSR count). The maximum atomic E-state index is 12.8. The van der Waals surface area contributed by atoms with Crippen molar-refractivity contribution in [1.29, 1.82) is 0 Å². The summed E-state index contributed by atoms with van der Waals surface area (Å²) < 4.78 is 10.3. The lowest BCUT2D eigenvalue weighted by atomic mass is 9.86. The van der Waals surface area contributed by atoms with Crippen LogP contribution in [0.4, 0.5) is 5.69 Å². The molecule has 8 nitrogen and oxygen atoms in total. The summed E-state index contributed by atoms with van der Waals surface area (Å²) in [5.74, 6) is -1.65. The van der Waals surface area contributed by atoms with Crippen LogP contribution in [0.3, 0.4) is 0 Å². The molecule has 148 valence electrons. The van der Waals surface area contributed by atoms with Crippen molar-refractivity contribution < 1.29 is 23.9 Å². The fraction of sp³-hybridized carbons (Fsp3) is 0.400. The highest BCUT2D eigenvalue weighted by Gasteiger charge is 2.52. The Bertz CT molecular complexity index is 971. The van der Waals surface area contributed by atoms with Gasteiger partial charge in [0.15, 0.2) is 0 Å². The third-order valence-corrected chi connectivity index (χ3v) is 4.61. The molecule has 0 fully saturated rings. The molecule has 0 spiro atoms. The van der Waals surface area contributed by atoms with Gasteiger partial charge in [0.25, 0.3) is 5.54 Å². The van der Waals surface area contributed by atoms with E-state index in [0.29, 0.717) is 11.4 Å². The van der Waals surface area contributed by atoms with Crippen LogP contribution in [0.1, 0.15) is 39.0 Å². The molecule has 2 heterocycles. The summed E-state index contributed by atoms with van der Waals surface area (Å²) in [7, 11) is 0. The molecule has 2 aromatic rings. The van der Waals surface area contributed by atoms with Crippen LogP contribution < -0.4 is 5.32 Å². The molecular weight excluding hydrogens is 362 g/mol. The summed E-state index contributed by atoms with van der Waals surface area (Å²) in [5.41, 5.74) is 1.69. The number of carbonyl (C=O) groups excluding carboxylic acids is 3. The zero-order valence-corrected chi connectivity index (χ0v) is 16.3. The van der Waals surface area contributed by atoms with E-state index in [2.05, 4.69) is 15.3 Å². The molecule has 28 heavy (non-hydrogen) atoms. The molecule has 1 aromatic carbocycles. The van der Waals surface area contributed by atoms with Crippen molar-refractivity contribution in [2.24, 2.45) is 4.99 Å². The number of aromatic nitrogens is 1. The third kappa shape index (κ3) is 3.26. The highest BCUT2D eigenvalue weighted by molar-refractivity contribution is 6.14. The van der Waals surface area contributed by atoms with Gasteiger partial charge in [0.1, 0.15) is 0 Å². The smallest absolute Gasteiger partial charge is 0.346 e. The van der Waals surface area contributed by atoms with Crippen molar-refractivity contribution in [2.45, 2.75) is 39.7 Å². The van der Waals surface area contributed by atoms with Crippen LogP contribution in [0.25, 0.3) is 10.9 Å². The van der Waals surface area contributed by atoms with Gasteiger partial charge in [0.05, 0.1) is 24.6 Å². The second-order valence-corrected chi connectivity index (χ2v) is 6.60. The van der Waals surface area contributed by atoms with Crippen molar-refractivity contribution in [2.75, 3.05) is 18.5 Å². The summed E-state index contributed by atoms with van der Waals surface area (Å²) in [4.78, 5) is 44.6. The number of fused-ring (bicyclic) bond motifs is 3. The molecule has 0 saturated carbocycles. The number of carbonyl (C=O) groups is 3. The lowest BCUT2D eigenvalue weighted by molar-refractivity contribution is -0.163. The SMILES string of the molecule is CCOC(=O)C1(C(=O)OCC)Cc2c([nH]c3ccc(NC(C)=O)cc23)C(C)=N1. The van der Waals surface area contributed by atoms with Gasteiger partial charge >= 0.3 is 11.9 Å². The van der Waals surface area contributed by atoms with Gasteiger partial charge in [0, 0.05) is 29.9 Å². The van der Waals surface area contributed by atoms with E-state index in [1.165, 1.54) is 6.92 Å². The van der Waals surface area contributed by atoms with Gasteiger partial charge in [-0.15, -0.1) is 0 Å². The zero-order valence-electron chi connectivity index (χ0n) is 16.3. The first-order chi connectivity index (χ1) is 13.3. The number of hydrogen-bond donors (Lipinski definition) is 2. The van der Waals surface area contributed by atoms with E-state index >= 15 is 0 Å². The van der Waals surface area contributed by atoms with Crippen molar-refractivity contribution in [3.05, 3.63) is 29.5 Å². The Kier molecular flexibility index (Phi) is 5.22. The minimum absolute atomic E-state index is 0.0147. The van der Waals surface area contributed by atoms with Crippen molar-refractivity contribution >= 4 is 40.1 Å². The number of ether oxygens (including phenoxy) is 2. The Labute approximate surface area is 162 Å². The number of nitrogens with one attached hydrogen (secondary N) is 2. The van der Waals surface area contributed by atoms with Crippen LogP contribution in [-0.4, -0.2) is 47.3 Å². The summed E-state index contributed by atoms with van der Waals surface area (Å²) in [6.45, 7) is 6.76. The van der Waals surface area contributed by atoms with Crippen LogP contribution >= 0.6 is 0 Å². The number of aromatic amines is 1. The van der Waals surface area contributed by atoms with Crippen LogP contribution in [-0.2, 0) is 30.3 Å². The maximum absolute atomic E-state index is 12.8. The van der Waals surface area contributed by atoms with Gasteiger partial charge in [-0.3, -0.25) is 9.79 Å². The highest BCUT2D eigenvalue weighted by Crippen LogP contribution is 2.35. The second-order valence-electron chi connectivity index (χ2n) is 6.60. The number of esters is 2. The quantitative estimate of drug-likeness (QED) is 0.606. The molecule has 2 N–H and O–H groups in total. The molecule has 1 aromatic heterocycles. The van der Waals surface area contributed by atoms with Gasteiger partial charge in [-0.05, 0) is 44.5 Å². The van der Waals surface area contributed by atoms with Crippen molar-refractivity contribution in [1.82, 2.24) is 4.98 Å². The number of anilines is 1. The van der Waals surface area contributed by atoms with Gasteiger partial charge in [-0.2, -0.15) is 0 Å². The number of benzene rings is 1. The summed E-state index contributed by atoms with van der Waals surface area (Å²) in [6.07, 6.45) is 0.0147. The predicted octanol–water partition coefficient (Wildman–Crippen LogP) is 2.36. The average molecular weight is 385 g/mol. The number of rotatable bonds is 5. The molecule has 1 aliphatic heterocycles. The van der Waals surface area contributed by atoms with E-state index in [9.17, 15) is 14.4 Å². The average Bonchev–Trinajstić information content (AvgIpc) is 3.00. The second kappa shape index (κ2) is 7.46. The predicted molar refractivity (Wildman–Crippen MR) is 105 cm³/mol. The molecule has 8 heteroatoms. The molecule has 0 radical (unpaired) electrons. The molecule has 0 aliphatic carbocycles. The van der Waals surface area contributed by atoms with E-state index in [4.69, 9.17) is 9.47 Å². The first-order valence-electron chi connectivity index (χ1n) is 9.15. The molecule has 0 unspecified atom stereocenters. The standard InChI is InChI=1S/C20H23N3O5/c1-5-27-18(25)20(19(26)28-6-2)10-15-14-9-13(21-12(4)24)7-8-16(14)22-17(15)11(3)23-20/h7-9,22H,5-6,10H2,1-4H3,(H,21,24). The number of nitrogens with zero attached hydrogens (tertiary/aromatic N) is 1. The Hall–Kier alpha value is -3.16. The maximum Gasteiger partial charge on any atom is 0.346 e. The van der Waals surface area contributed by atoms with Crippen molar-refractivity contribution in [3.8, 4) is 0 Å². The van der Waals surface area contributed by atoms with E-state index in [1.807, 2.05) is 12.1 Å². The van der Waals surface area contributed by atoms with Crippen molar-refractivity contribution in [3.63, 3.8) is 0 Å². The number of hydrogen-bond acceptors (Lipinski definition) is 6. The number of amides is 1. The van der Waals surface area contributed by atoms with Crippen LogP contribution in [0.15, 0.2) is 23.2 Å². The fourth-order valence-corrected chi connectivity index (χ4v) is 3.48.